The van der Waals surface area contributed by atoms with E-state index in [0.717, 1.165) is 38.8 Å². The molecule has 0 unspecified atom stereocenters. The first kappa shape index (κ1) is 29.4. The lowest BCUT2D eigenvalue weighted by Gasteiger charge is -2.26. The van der Waals surface area contributed by atoms with Crippen molar-refractivity contribution in [3.8, 4) is 0 Å². The summed E-state index contributed by atoms with van der Waals surface area (Å²) in [6, 6.07) is 24.0. The molecule has 3 rings (SSSR count). The van der Waals surface area contributed by atoms with E-state index in [1.807, 2.05) is 0 Å². The van der Waals surface area contributed by atoms with Gasteiger partial charge in [0.05, 0.1) is 13.2 Å². The fraction of sp³-hybridized carbons (Fsp3) is 0.294. The SMILES string of the molecule is C=CC(=O)OCCCc1ccc(CN(Cc2ccc(CCCOC(=O)C=C)cc2)c2ccc(C)c(C)c2)cc1. The summed E-state index contributed by atoms with van der Waals surface area (Å²) >= 11 is 0. The lowest BCUT2D eigenvalue weighted by Crippen LogP contribution is -2.22. The number of hydrogen-bond donors (Lipinski definition) is 0. The summed E-state index contributed by atoms with van der Waals surface area (Å²) in [6.45, 7) is 13.5. The van der Waals surface area contributed by atoms with E-state index in [4.69, 9.17) is 9.47 Å². The van der Waals surface area contributed by atoms with Crippen LogP contribution in [0.4, 0.5) is 5.69 Å². The molecule has 39 heavy (non-hydrogen) atoms. The zero-order valence-corrected chi connectivity index (χ0v) is 23.2. The third-order valence-electron chi connectivity index (χ3n) is 6.69. The van der Waals surface area contributed by atoms with Gasteiger partial charge in [-0.05, 0) is 85.0 Å². The molecule has 3 aromatic carbocycles. The molecule has 0 aliphatic rings. The molecule has 0 aromatic heterocycles. The second-order valence-corrected chi connectivity index (χ2v) is 9.71. The molecule has 0 fully saturated rings. The molecule has 0 saturated heterocycles. The maximum atomic E-state index is 11.2. The first-order valence-electron chi connectivity index (χ1n) is 13.4. The molecule has 0 N–H and O–H groups in total. The van der Waals surface area contributed by atoms with Crippen molar-refractivity contribution in [2.24, 2.45) is 0 Å². The quantitative estimate of drug-likeness (QED) is 0.124. The highest BCUT2D eigenvalue weighted by Crippen LogP contribution is 2.24. The van der Waals surface area contributed by atoms with E-state index in [2.05, 4.69) is 98.6 Å². The fourth-order valence-electron chi connectivity index (χ4n) is 4.24. The molecule has 0 atom stereocenters. The van der Waals surface area contributed by atoms with Gasteiger partial charge >= 0.3 is 11.9 Å². The molecule has 0 saturated carbocycles. The van der Waals surface area contributed by atoms with Crippen molar-refractivity contribution in [1.82, 2.24) is 0 Å². The Bertz CT molecular complexity index is 1170. The molecular formula is C34H39NO4. The minimum atomic E-state index is -0.377. The first-order chi connectivity index (χ1) is 18.9. The summed E-state index contributed by atoms with van der Waals surface area (Å²) in [5.74, 6) is -0.754. The van der Waals surface area contributed by atoms with Gasteiger partial charge in [0.25, 0.3) is 0 Å². The third kappa shape index (κ3) is 9.93. The topological polar surface area (TPSA) is 55.8 Å². The Kier molecular flexibility index (Phi) is 11.6. The zero-order valence-electron chi connectivity index (χ0n) is 23.2. The van der Waals surface area contributed by atoms with Crippen LogP contribution >= 0.6 is 0 Å². The molecule has 204 valence electrons. The van der Waals surface area contributed by atoms with E-state index in [-0.39, 0.29) is 11.9 Å². The van der Waals surface area contributed by atoms with Gasteiger partial charge in [0.2, 0.25) is 0 Å². The smallest absolute Gasteiger partial charge is 0.330 e. The molecule has 0 spiro atoms. The van der Waals surface area contributed by atoms with Crippen molar-refractivity contribution in [2.45, 2.75) is 52.6 Å². The van der Waals surface area contributed by atoms with Gasteiger partial charge in [-0.15, -0.1) is 0 Å². The van der Waals surface area contributed by atoms with Crippen LogP contribution in [0.1, 0.15) is 46.2 Å². The zero-order chi connectivity index (χ0) is 28.0. The van der Waals surface area contributed by atoms with Crippen molar-refractivity contribution in [2.75, 3.05) is 18.1 Å². The summed E-state index contributed by atoms with van der Waals surface area (Å²) in [6.07, 6.45) is 5.66. The Morgan fingerprint density at radius 1 is 0.667 bits per heavy atom. The molecule has 0 amide bonds. The number of carbonyl (C=O) groups excluding carboxylic acids is 2. The molecule has 0 aliphatic carbocycles. The van der Waals surface area contributed by atoms with Gasteiger partial charge in [0, 0.05) is 30.9 Å². The summed E-state index contributed by atoms with van der Waals surface area (Å²) in [4.78, 5) is 24.8. The highest BCUT2D eigenvalue weighted by molar-refractivity contribution is 5.81. The van der Waals surface area contributed by atoms with Gasteiger partial charge in [-0.3, -0.25) is 0 Å². The van der Waals surface area contributed by atoms with E-state index < -0.39 is 0 Å². The van der Waals surface area contributed by atoms with Gasteiger partial charge in [0.15, 0.2) is 0 Å². The molecule has 3 aromatic rings. The van der Waals surface area contributed by atoms with Crippen LogP contribution in [0.5, 0.6) is 0 Å². The number of benzene rings is 3. The van der Waals surface area contributed by atoms with Crippen LogP contribution in [0.25, 0.3) is 0 Å². The van der Waals surface area contributed by atoms with Gasteiger partial charge in [0.1, 0.15) is 0 Å². The molecule has 5 heteroatoms. The van der Waals surface area contributed by atoms with Gasteiger partial charge in [-0.25, -0.2) is 9.59 Å². The number of anilines is 1. The van der Waals surface area contributed by atoms with Crippen LogP contribution in [-0.4, -0.2) is 25.2 Å². The molecule has 0 bridgehead atoms. The van der Waals surface area contributed by atoms with E-state index in [0.29, 0.717) is 13.2 Å². The predicted octanol–water partition coefficient (Wildman–Crippen LogP) is 6.83. The lowest BCUT2D eigenvalue weighted by molar-refractivity contribution is -0.138. The van der Waals surface area contributed by atoms with E-state index in [1.165, 1.54) is 51.2 Å². The first-order valence-corrected chi connectivity index (χ1v) is 13.4. The monoisotopic (exact) mass is 525 g/mol. The third-order valence-corrected chi connectivity index (χ3v) is 6.69. The van der Waals surface area contributed by atoms with Crippen LogP contribution in [0.2, 0.25) is 0 Å². The molecule has 0 heterocycles. The van der Waals surface area contributed by atoms with Gasteiger partial charge in [-0.2, -0.15) is 0 Å². The number of aryl methyl sites for hydroxylation is 4. The van der Waals surface area contributed by atoms with Crippen molar-refractivity contribution in [3.63, 3.8) is 0 Å². The Hall–Kier alpha value is -4.12. The summed E-state index contributed by atoms with van der Waals surface area (Å²) < 4.78 is 10.1. The number of hydrogen-bond acceptors (Lipinski definition) is 5. The minimum absolute atomic E-state index is 0.377. The maximum Gasteiger partial charge on any atom is 0.330 e. The average molecular weight is 526 g/mol. The standard InChI is InChI=1S/C34H39NO4/c1-5-33(36)38-21-7-9-28-12-16-30(17-13-28)24-35(32-20-11-26(3)27(4)23-32)25-31-18-14-29(15-19-31)10-8-22-39-34(37)6-2/h5-6,11-20,23H,1-2,7-10,21-22,24-25H2,3-4H3. The van der Waals surface area contributed by atoms with Crippen LogP contribution in [-0.2, 0) is 45.0 Å². The van der Waals surface area contributed by atoms with E-state index in [1.54, 1.807) is 0 Å². The normalized spacial score (nSPS) is 10.5. The van der Waals surface area contributed by atoms with Crippen molar-refractivity contribution >= 4 is 17.6 Å². The summed E-state index contributed by atoms with van der Waals surface area (Å²) in [5, 5.41) is 0. The molecule has 0 aliphatic heterocycles. The van der Waals surface area contributed by atoms with E-state index >= 15 is 0 Å². The Morgan fingerprint density at radius 2 is 1.10 bits per heavy atom. The van der Waals surface area contributed by atoms with Crippen LogP contribution in [0.3, 0.4) is 0 Å². The second-order valence-electron chi connectivity index (χ2n) is 9.71. The van der Waals surface area contributed by atoms with Crippen LogP contribution < -0.4 is 4.90 Å². The Balaban J connectivity index is 1.64. The summed E-state index contributed by atoms with van der Waals surface area (Å²) in [7, 11) is 0. The second kappa shape index (κ2) is 15.3. The fourth-order valence-corrected chi connectivity index (χ4v) is 4.24. The van der Waals surface area contributed by atoms with Crippen LogP contribution in [0.15, 0.2) is 92.0 Å². The molecular weight excluding hydrogens is 486 g/mol. The predicted molar refractivity (Wildman–Crippen MR) is 158 cm³/mol. The molecule has 5 nitrogen and oxygen atoms in total. The van der Waals surface area contributed by atoms with Crippen molar-refractivity contribution in [1.29, 1.82) is 0 Å². The largest absolute Gasteiger partial charge is 0.463 e. The summed E-state index contributed by atoms with van der Waals surface area (Å²) in [5.41, 5.74) is 8.67. The highest BCUT2D eigenvalue weighted by Gasteiger charge is 2.11. The number of rotatable bonds is 15. The number of nitrogens with zero attached hydrogens (tertiary/aromatic N) is 1. The maximum absolute atomic E-state index is 11.2. The number of esters is 2. The number of carbonyl (C=O) groups is 2. The van der Waals surface area contributed by atoms with Gasteiger partial charge < -0.3 is 14.4 Å². The molecule has 0 radical (unpaired) electrons. The Labute approximate surface area is 232 Å². The Morgan fingerprint density at radius 3 is 1.51 bits per heavy atom. The van der Waals surface area contributed by atoms with Gasteiger partial charge in [-0.1, -0.05) is 67.8 Å². The van der Waals surface area contributed by atoms with Crippen molar-refractivity contribution < 1.29 is 19.1 Å². The van der Waals surface area contributed by atoms with Crippen molar-refractivity contribution in [3.05, 3.63) is 125 Å². The lowest BCUT2D eigenvalue weighted by atomic mass is 10.0. The number of ether oxygens (including phenoxy) is 2. The van der Waals surface area contributed by atoms with E-state index in [9.17, 15) is 9.59 Å². The highest BCUT2D eigenvalue weighted by atomic mass is 16.5. The minimum Gasteiger partial charge on any atom is -0.463 e. The van der Waals surface area contributed by atoms with Crippen LogP contribution in [0, 0.1) is 13.8 Å². The average Bonchev–Trinajstić information content (AvgIpc) is 2.95.